The number of hydrogen-bond donors (Lipinski definition) is 0. The van der Waals surface area contributed by atoms with Crippen molar-refractivity contribution in [2.75, 3.05) is 33.0 Å². The van der Waals surface area contributed by atoms with Gasteiger partial charge in [0, 0.05) is 17.6 Å². The fourth-order valence-electron chi connectivity index (χ4n) is 3.20. The van der Waals surface area contributed by atoms with Gasteiger partial charge in [0.15, 0.2) is 0 Å². The fraction of sp³-hybridized carbons (Fsp3) is 0.667. The van der Waals surface area contributed by atoms with E-state index in [9.17, 15) is 28.8 Å². The van der Waals surface area contributed by atoms with Crippen molar-refractivity contribution in [2.24, 2.45) is 11.8 Å². The molecule has 0 aromatic carbocycles. The summed E-state index contributed by atoms with van der Waals surface area (Å²) in [5.74, 6) is -7.36. The molecule has 0 spiro atoms. The van der Waals surface area contributed by atoms with Crippen LogP contribution in [0.5, 0.6) is 0 Å². The first-order valence-electron chi connectivity index (χ1n) is 14.3. The molecule has 0 aliphatic carbocycles. The predicted molar refractivity (Wildman–Crippen MR) is 151 cm³/mol. The Morgan fingerprint density at radius 3 is 1.33 bits per heavy atom. The Kier molecular flexibility index (Phi) is 20.0. The molecule has 0 aromatic rings. The minimum absolute atomic E-state index is 0.0466. The second kappa shape index (κ2) is 22.0. The summed E-state index contributed by atoms with van der Waals surface area (Å²) in [6.07, 6.45) is 0.659. The van der Waals surface area contributed by atoms with Crippen molar-refractivity contribution in [2.45, 2.75) is 85.7 Å². The van der Waals surface area contributed by atoms with E-state index < -0.39 is 66.6 Å². The smallest absolute Gasteiger partial charge is 0.334 e. The molecule has 0 radical (unpaired) electrons. The molecule has 0 saturated heterocycles. The van der Waals surface area contributed by atoms with Gasteiger partial charge in [-0.15, -0.1) is 0 Å². The molecule has 42 heavy (non-hydrogen) atoms. The van der Waals surface area contributed by atoms with Crippen LogP contribution < -0.4 is 0 Å². The van der Waals surface area contributed by atoms with E-state index in [0.29, 0.717) is 25.7 Å². The second-order valence-corrected chi connectivity index (χ2v) is 9.48. The van der Waals surface area contributed by atoms with E-state index in [1.807, 2.05) is 13.8 Å². The molecule has 238 valence electrons. The molecule has 3 atom stereocenters. The van der Waals surface area contributed by atoms with Gasteiger partial charge in [0.1, 0.15) is 6.10 Å². The van der Waals surface area contributed by atoms with Gasteiger partial charge in [-0.2, -0.15) is 0 Å². The average molecular weight is 599 g/mol. The Bertz CT molecular complexity index is 939. The van der Waals surface area contributed by atoms with Crippen LogP contribution in [-0.2, 0) is 57.2 Å². The summed E-state index contributed by atoms with van der Waals surface area (Å²) in [5, 5.41) is 0. The van der Waals surface area contributed by atoms with Crippen LogP contribution in [-0.4, -0.2) is 75.0 Å². The van der Waals surface area contributed by atoms with Crippen LogP contribution in [0.15, 0.2) is 24.3 Å². The number of carbonyl (C=O) groups excluding carboxylic acids is 6. The molecule has 0 N–H and O–H groups in total. The number of carbonyl (C=O) groups is 6. The van der Waals surface area contributed by atoms with Crippen LogP contribution in [0.3, 0.4) is 0 Å². The van der Waals surface area contributed by atoms with E-state index in [4.69, 9.17) is 28.4 Å². The zero-order chi connectivity index (χ0) is 32.1. The highest BCUT2D eigenvalue weighted by Gasteiger charge is 2.33. The van der Waals surface area contributed by atoms with Crippen LogP contribution in [0.25, 0.3) is 0 Å². The molecule has 0 amide bonds. The first-order valence-corrected chi connectivity index (χ1v) is 14.3. The molecule has 0 heterocycles. The van der Waals surface area contributed by atoms with Crippen molar-refractivity contribution < 1.29 is 57.2 Å². The highest BCUT2D eigenvalue weighted by molar-refractivity contribution is 5.97. The summed E-state index contributed by atoms with van der Waals surface area (Å²) in [5.41, 5.74) is -0.545. The Hall–Kier alpha value is -3.70. The molecule has 0 saturated carbocycles. The Labute approximate surface area is 248 Å². The Balaban J connectivity index is 5.13. The standard InChI is InChI=1S/C30H46O12/c1-8-13-37-25(31)18-23(29(35)39-15-10-3)21(6)27(33)41-17-12-20(5)42-28(34)22(7)24(30(36)40-16-11-4)19-26(32)38-14-9-2/h20,23-24H,6-19H2,1-5H3. The minimum atomic E-state index is -1.28. The van der Waals surface area contributed by atoms with Crippen molar-refractivity contribution in [1.29, 1.82) is 0 Å². The van der Waals surface area contributed by atoms with Gasteiger partial charge in [-0.05, 0) is 32.6 Å². The fourth-order valence-corrected chi connectivity index (χ4v) is 3.20. The van der Waals surface area contributed by atoms with Crippen molar-refractivity contribution in [3.63, 3.8) is 0 Å². The summed E-state index contributed by atoms with van der Waals surface area (Å²) >= 11 is 0. The maximum Gasteiger partial charge on any atom is 0.334 e. The topological polar surface area (TPSA) is 158 Å². The van der Waals surface area contributed by atoms with Gasteiger partial charge in [0.2, 0.25) is 0 Å². The normalized spacial score (nSPS) is 12.6. The lowest BCUT2D eigenvalue weighted by Crippen LogP contribution is -2.30. The number of ether oxygens (including phenoxy) is 6. The van der Waals surface area contributed by atoms with Crippen LogP contribution in [0.1, 0.15) is 79.6 Å². The lowest BCUT2D eigenvalue weighted by atomic mass is 9.96. The quantitative estimate of drug-likeness (QED) is 0.101. The van der Waals surface area contributed by atoms with E-state index in [1.54, 1.807) is 13.8 Å². The third-order valence-electron chi connectivity index (χ3n) is 5.57. The van der Waals surface area contributed by atoms with Crippen LogP contribution in [0, 0.1) is 11.8 Å². The van der Waals surface area contributed by atoms with Gasteiger partial charge in [-0.25, -0.2) is 9.59 Å². The largest absolute Gasteiger partial charge is 0.466 e. The van der Waals surface area contributed by atoms with Gasteiger partial charge in [0.25, 0.3) is 0 Å². The Morgan fingerprint density at radius 2 is 0.929 bits per heavy atom. The van der Waals surface area contributed by atoms with E-state index in [2.05, 4.69) is 13.2 Å². The molecule has 12 nitrogen and oxygen atoms in total. The molecule has 0 aromatic heterocycles. The van der Waals surface area contributed by atoms with Crippen molar-refractivity contribution in [3.05, 3.63) is 24.3 Å². The van der Waals surface area contributed by atoms with Crippen LogP contribution in [0.2, 0.25) is 0 Å². The molecule has 0 aliphatic rings. The van der Waals surface area contributed by atoms with Gasteiger partial charge in [-0.3, -0.25) is 19.2 Å². The van der Waals surface area contributed by atoms with Gasteiger partial charge in [-0.1, -0.05) is 40.9 Å². The molecular weight excluding hydrogens is 552 g/mol. The Morgan fingerprint density at radius 1 is 0.548 bits per heavy atom. The van der Waals surface area contributed by atoms with Crippen molar-refractivity contribution in [1.82, 2.24) is 0 Å². The SMILES string of the molecule is C=C(C(=O)OCCC(C)OC(=O)C(=C)C(CC(=O)OCCC)C(=O)OCCC)C(CC(=O)OCCC)C(=O)OCCC. The van der Waals surface area contributed by atoms with Gasteiger partial charge in [0.05, 0.1) is 57.7 Å². The molecular formula is C30H46O12. The van der Waals surface area contributed by atoms with Gasteiger partial charge < -0.3 is 28.4 Å². The summed E-state index contributed by atoms with van der Waals surface area (Å²) in [6, 6.07) is 0. The summed E-state index contributed by atoms with van der Waals surface area (Å²) < 4.78 is 30.8. The molecule has 0 rings (SSSR count). The monoisotopic (exact) mass is 598 g/mol. The molecule has 3 unspecified atom stereocenters. The average Bonchev–Trinajstić information content (AvgIpc) is 2.96. The zero-order valence-electron chi connectivity index (χ0n) is 25.5. The van der Waals surface area contributed by atoms with Crippen molar-refractivity contribution in [3.8, 4) is 0 Å². The van der Waals surface area contributed by atoms with Crippen molar-refractivity contribution >= 4 is 35.8 Å². The third kappa shape index (κ3) is 15.3. The van der Waals surface area contributed by atoms with E-state index >= 15 is 0 Å². The maximum absolute atomic E-state index is 12.7. The highest BCUT2D eigenvalue weighted by Crippen LogP contribution is 2.21. The molecule has 0 aliphatic heterocycles. The second-order valence-electron chi connectivity index (χ2n) is 9.48. The highest BCUT2D eigenvalue weighted by atomic mass is 16.6. The van der Waals surface area contributed by atoms with Crippen LogP contribution in [0.4, 0.5) is 0 Å². The summed E-state index contributed by atoms with van der Waals surface area (Å²) in [6.45, 7) is 16.3. The van der Waals surface area contributed by atoms with Gasteiger partial charge >= 0.3 is 35.8 Å². The van der Waals surface area contributed by atoms with E-state index in [-0.39, 0.29) is 50.6 Å². The minimum Gasteiger partial charge on any atom is -0.466 e. The number of esters is 6. The third-order valence-corrected chi connectivity index (χ3v) is 5.57. The summed E-state index contributed by atoms with van der Waals surface area (Å²) in [4.78, 5) is 74.5. The first-order chi connectivity index (χ1) is 19.9. The van der Waals surface area contributed by atoms with E-state index in [1.165, 1.54) is 6.92 Å². The van der Waals surface area contributed by atoms with E-state index in [0.717, 1.165) is 0 Å². The molecule has 12 heteroatoms. The summed E-state index contributed by atoms with van der Waals surface area (Å²) in [7, 11) is 0. The molecule has 0 fully saturated rings. The number of rotatable bonds is 22. The first kappa shape index (κ1) is 38.3. The maximum atomic E-state index is 12.7. The molecule has 0 bridgehead atoms. The van der Waals surface area contributed by atoms with Crippen LogP contribution >= 0.6 is 0 Å². The zero-order valence-corrected chi connectivity index (χ0v) is 25.5. The lowest BCUT2D eigenvalue weighted by Gasteiger charge is -2.20. The predicted octanol–water partition coefficient (Wildman–Crippen LogP) is 3.79. The lowest BCUT2D eigenvalue weighted by molar-refractivity contribution is -0.157. The number of hydrogen-bond acceptors (Lipinski definition) is 12.